The van der Waals surface area contributed by atoms with E-state index in [-0.39, 0.29) is 4.90 Å². The molecule has 0 radical (unpaired) electrons. The van der Waals surface area contributed by atoms with Gasteiger partial charge in [-0.1, -0.05) is 23.8 Å². The van der Waals surface area contributed by atoms with E-state index in [1.54, 1.807) is 19.1 Å². The van der Waals surface area contributed by atoms with Gasteiger partial charge in [0, 0.05) is 18.0 Å². The van der Waals surface area contributed by atoms with Gasteiger partial charge in [0.25, 0.3) is 15.9 Å². The first-order valence-corrected chi connectivity index (χ1v) is 9.30. The summed E-state index contributed by atoms with van der Waals surface area (Å²) in [4.78, 5) is 24.7. The maximum Gasteiger partial charge on any atom is 0.416 e. The fourth-order valence-corrected chi connectivity index (χ4v) is 3.71. The minimum atomic E-state index is -4.66. The molecule has 1 heterocycles. The van der Waals surface area contributed by atoms with Gasteiger partial charge in [-0.25, -0.2) is 17.8 Å². The van der Waals surface area contributed by atoms with E-state index in [0.717, 1.165) is 36.2 Å². The average Bonchev–Trinajstić information content (AvgIpc) is 3.03. The van der Waals surface area contributed by atoms with Crippen molar-refractivity contribution < 1.29 is 26.4 Å². The second-order valence-corrected chi connectivity index (χ2v) is 7.76. The Morgan fingerprint density at radius 1 is 1.00 bits per heavy atom. The maximum absolute atomic E-state index is 12.8. The standard InChI is InChI=1S/C18H13F3N2O4S/c1-12-5-7-15(8-6-12)28(26,27)23-10-9-22(17(23)25)16(24)13-3-2-4-14(11-13)18(19,20)21/h2-11H,1H3. The number of nitrogens with zero attached hydrogens (tertiary/aromatic N) is 2. The summed E-state index contributed by atoms with van der Waals surface area (Å²) in [6.07, 6.45) is -2.89. The molecule has 1 aromatic heterocycles. The molecule has 10 heteroatoms. The lowest BCUT2D eigenvalue weighted by atomic mass is 10.1. The zero-order chi connectivity index (χ0) is 20.7. The topological polar surface area (TPSA) is 78.1 Å². The third-order valence-corrected chi connectivity index (χ3v) is 5.64. The van der Waals surface area contributed by atoms with E-state index < -0.39 is 38.9 Å². The first-order chi connectivity index (χ1) is 13.0. The highest BCUT2D eigenvalue weighted by molar-refractivity contribution is 7.90. The third-order valence-electron chi connectivity index (χ3n) is 3.98. The SMILES string of the molecule is Cc1ccc(S(=O)(=O)n2ccn(C(=O)c3cccc(C(F)(F)F)c3)c2=O)cc1. The van der Waals surface area contributed by atoms with E-state index in [4.69, 9.17) is 0 Å². The van der Waals surface area contributed by atoms with Crippen molar-refractivity contribution in [2.45, 2.75) is 18.0 Å². The van der Waals surface area contributed by atoms with Crippen LogP contribution in [-0.4, -0.2) is 22.9 Å². The molecule has 146 valence electrons. The van der Waals surface area contributed by atoms with Crippen LogP contribution in [-0.2, 0) is 16.2 Å². The Balaban J connectivity index is 2.03. The highest BCUT2D eigenvalue weighted by Crippen LogP contribution is 2.29. The molecule has 0 saturated heterocycles. The van der Waals surface area contributed by atoms with Crippen molar-refractivity contribution in [3.8, 4) is 0 Å². The first-order valence-electron chi connectivity index (χ1n) is 7.86. The molecule has 2 aromatic carbocycles. The summed E-state index contributed by atoms with van der Waals surface area (Å²) in [7, 11) is -4.26. The number of benzene rings is 2. The summed E-state index contributed by atoms with van der Waals surface area (Å²) < 4.78 is 64.5. The molecule has 0 aliphatic carbocycles. The summed E-state index contributed by atoms with van der Waals surface area (Å²) in [5.41, 5.74) is -1.85. The highest BCUT2D eigenvalue weighted by atomic mass is 32.2. The zero-order valence-corrected chi connectivity index (χ0v) is 15.2. The molecule has 6 nitrogen and oxygen atoms in total. The highest BCUT2D eigenvalue weighted by Gasteiger charge is 2.31. The van der Waals surface area contributed by atoms with Crippen molar-refractivity contribution in [3.05, 3.63) is 88.1 Å². The van der Waals surface area contributed by atoms with E-state index in [9.17, 15) is 31.2 Å². The summed E-state index contributed by atoms with van der Waals surface area (Å²) >= 11 is 0. The molecule has 0 saturated carbocycles. The molecule has 0 amide bonds. The Hall–Kier alpha value is -3.14. The molecule has 0 aliphatic rings. The molecule has 0 fully saturated rings. The van der Waals surface area contributed by atoms with E-state index >= 15 is 0 Å². The van der Waals surface area contributed by atoms with Gasteiger partial charge in [0.15, 0.2) is 0 Å². The number of hydrogen-bond acceptors (Lipinski definition) is 4. The second kappa shape index (κ2) is 6.79. The normalized spacial score (nSPS) is 12.1. The fourth-order valence-electron chi connectivity index (χ4n) is 2.49. The van der Waals surface area contributed by atoms with Gasteiger partial charge >= 0.3 is 11.9 Å². The third kappa shape index (κ3) is 3.50. The van der Waals surface area contributed by atoms with Crippen LogP contribution in [0.25, 0.3) is 0 Å². The van der Waals surface area contributed by atoms with Gasteiger partial charge in [-0.3, -0.25) is 4.79 Å². The molecule has 0 unspecified atom stereocenters. The van der Waals surface area contributed by atoms with Crippen LogP contribution >= 0.6 is 0 Å². The minimum Gasteiger partial charge on any atom is -0.268 e. The molecule has 3 rings (SSSR count). The van der Waals surface area contributed by atoms with Crippen LogP contribution in [0.1, 0.15) is 21.5 Å². The molecule has 0 aliphatic heterocycles. The van der Waals surface area contributed by atoms with Crippen LogP contribution in [0, 0.1) is 6.92 Å². The number of halogens is 3. The van der Waals surface area contributed by atoms with Crippen molar-refractivity contribution in [1.82, 2.24) is 8.54 Å². The van der Waals surface area contributed by atoms with Gasteiger partial charge in [0.1, 0.15) is 0 Å². The molecule has 0 N–H and O–H groups in total. The number of carbonyl (C=O) groups is 1. The molecule has 0 bridgehead atoms. The van der Waals surface area contributed by atoms with Gasteiger partial charge in [-0.05, 0) is 37.3 Å². The quantitative estimate of drug-likeness (QED) is 0.665. The van der Waals surface area contributed by atoms with Crippen LogP contribution in [0.15, 0.2) is 70.6 Å². The largest absolute Gasteiger partial charge is 0.416 e. The van der Waals surface area contributed by atoms with E-state index in [0.29, 0.717) is 14.6 Å². The van der Waals surface area contributed by atoms with Crippen molar-refractivity contribution in [3.63, 3.8) is 0 Å². The van der Waals surface area contributed by atoms with Crippen LogP contribution in [0.5, 0.6) is 0 Å². The van der Waals surface area contributed by atoms with Crippen molar-refractivity contribution >= 4 is 15.9 Å². The fraction of sp³-hybridized carbons (Fsp3) is 0.111. The van der Waals surface area contributed by atoms with Gasteiger partial charge in [0.2, 0.25) is 0 Å². The number of hydrogen-bond donors (Lipinski definition) is 0. The molecular weight excluding hydrogens is 397 g/mol. The molecule has 0 spiro atoms. The number of rotatable bonds is 3. The first kappa shape index (κ1) is 19.6. The number of alkyl halides is 3. The number of aromatic nitrogens is 2. The zero-order valence-electron chi connectivity index (χ0n) is 14.3. The Labute approximate surface area is 157 Å². The van der Waals surface area contributed by atoms with E-state index in [2.05, 4.69) is 0 Å². The van der Waals surface area contributed by atoms with Crippen LogP contribution in [0.2, 0.25) is 0 Å². The average molecular weight is 410 g/mol. The minimum absolute atomic E-state index is 0.163. The van der Waals surface area contributed by atoms with Crippen molar-refractivity contribution in [1.29, 1.82) is 0 Å². The lowest BCUT2D eigenvalue weighted by Gasteiger charge is -2.08. The maximum atomic E-state index is 12.8. The van der Waals surface area contributed by atoms with Crippen molar-refractivity contribution in [2.75, 3.05) is 0 Å². The second-order valence-electron chi connectivity index (χ2n) is 5.95. The summed E-state index contributed by atoms with van der Waals surface area (Å²) in [6.45, 7) is 1.76. The Kier molecular flexibility index (Phi) is 4.76. The van der Waals surface area contributed by atoms with Gasteiger partial charge in [-0.2, -0.15) is 17.1 Å². The predicted octanol–water partition coefficient (Wildman–Crippen LogP) is 2.90. The molecular formula is C18H13F3N2O4S. The van der Waals surface area contributed by atoms with Crippen LogP contribution in [0.3, 0.4) is 0 Å². The van der Waals surface area contributed by atoms with E-state index in [1.807, 2.05) is 0 Å². The number of aryl methyl sites for hydroxylation is 1. The Morgan fingerprint density at radius 2 is 1.64 bits per heavy atom. The van der Waals surface area contributed by atoms with Crippen LogP contribution in [0.4, 0.5) is 13.2 Å². The van der Waals surface area contributed by atoms with E-state index in [1.165, 1.54) is 12.1 Å². The van der Waals surface area contributed by atoms with Gasteiger partial charge in [0.05, 0.1) is 10.5 Å². The number of imidazole rings is 1. The lowest BCUT2D eigenvalue weighted by molar-refractivity contribution is -0.137. The molecule has 0 atom stereocenters. The number of carbonyl (C=O) groups excluding carboxylic acids is 1. The lowest BCUT2D eigenvalue weighted by Crippen LogP contribution is -2.32. The van der Waals surface area contributed by atoms with Gasteiger partial charge in [-0.15, -0.1) is 0 Å². The molecule has 28 heavy (non-hydrogen) atoms. The smallest absolute Gasteiger partial charge is 0.268 e. The van der Waals surface area contributed by atoms with Gasteiger partial charge < -0.3 is 0 Å². The molecule has 3 aromatic rings. The van der Waals surface area contributed by atoms with Crippen LogP contribution < -0.4 is 5.69 Å². The van der Waals surface area contributed by atoms with Crippen molar-refractivity contribution in [2.24, 2.45) is 0 Å². The summed E-state index contributed by atoms with van der Waals surface area (Å²) in [6, 6.07) is 9.22. The Bertz CT molecular complexity index is 1210. The summed E-state index contributed by atoms with van der Waals surface area (Å²) in [5, 5.41) is 0. The predicted molar refractivity (Wildman–Crippen MR) is 93.6 cm³/mol. The monoisotopic (exact) mass is 410 g/mol. The Morgan fingerprint density at radius 3 is 2.25 bits per heavy atom. The summed E-state index contributed by atoms with van der Waals surface area (Å²) in [5.74, 6) is -1.08.